The van der Waals surface area contributed by atoms with Crippen LogP contribution in [0.5, 0.6) is 0 Å². The molecule has 1 aromatic carbocycles. The minimum atomic E-state index is 0. The lowest BCUT2D eigenvalue weighted by Gasteiger charge is -2.17. The van der Waals surface area contributed by atoms with Crippen molar-refractivity contribution in [2.45, 2.75) is 13.3 Å². The maximum Gasteiger partial charge on any atom is 0.0363 e. The lowest BCUT2D eigenvalue weighted by molar-refractivity contribution is 0.852. The van der Waals surface area contributed by atoms with E-state index in [2.05, 4.69) is 43.1 Å². The smallest absolute Gasteiger partial charge is 0.0363 e. The van der Waals surface area contributed by atoms with Crippen LogP contribution in [0.25, 0.3) is 0 Å². The number of hydrogen-bond acceptors (Lipinski definition) is 2. The van der Waals surface area contributed by atoms with Crippen molar-refractivity contribution in [3.63, 3.8) is 0 Å². The Morgan fingerprint density at radius 1 is 1.17 bits per heavy atom. The van der Waals surface area contributed by atoms with E-state index in [1.54, 1.807) is 0 Å². The largest absolute Gasteiger partial charge is 0.375 e. The molecule has 0 saturated carbocycles. The zero-order valence-corrected chi connectivity index (χ0v) is 7.96. The first-order valence-corrected chi connectivity index (χ1v) is 4.10. The van der Waals surface area contributed by atoms with E-state index in [-0.39, 0.29) is 6.15 Å². The van der Waals surface area contributed by atoms with Crippen LogP contribution in [0.15, 0.2) is 30.3 Å². The third-order valence-electron chi connectivity index (χ3n) is 1.76. The zero-order valence-electron chi connectivity index (χ0n) is 7.96. The molecule has 1 aromatic rings. The molecule has 0 saturated heterocycles. The summed E-state index contributed by atoms with van der Waals surface area (Å²) in [5.41, 5.74) is 1.30. The Morgan fingerprint density at radius 2 is 1.75 bits per heavy atom. The molecule has 0 fully saturated rings. The monoisotopic (exact) mass is 166 g/mol. The summed E-state index contributed by atoms with van der Waals surface area (Å²) in [5.74, 6) is 0. The number of benzene rings is 1. The highest BCUT2D eigenvalue weighted by molar-refractivity contribution is 5.44. The SMILES string of the molecule is CCCN(C)c1ccccc1.N. The van der Waals surface area contributed by atoms with Gasteiger partial charge in [0.1, 0.15) is 0 Å². The molecule has 0 unspecified atom stereocenters. The fraction of sp³-hybridized carbons (Fsp3) is 0.400. The van der Waals surface area contributed by atoms with Crippen LogP contribution in [0.1, 0.15) is 13.3 Å². The standard InChI is InChI=1S/C10H15N.H3N/c1-3-9-11(2)10-7-5-4-6-8-10;/h4-8H,3,9H2,1-2H3;1H3. The average molecular weight is 166 g/mol. The number of rotatable bonds is 3. The van der Waals surface area contributed by atoms with E-state index in [1.807, 2.05) is 6.07 Å². The number of anilines is 1. The average Bonchev–Trinajstić information content (AvgIpc) is 2.07. The number of nitrogens with zero attached hydrogens (tertiary/aromatic N) is 1. The lowest BCUT2D eigenvalue weighted by Crippen LogP contribution is -2.17. The fourth-order valence-electron chi connectivity index (χ4n) is 1.15. The first-order valence-electron chi connectivity index (χ1n) is 4.10. The maximum absolute atomic E-state index is 2.26. The molecule has 0 amide bonds. The quantitative estimate of drug-likeness (QED) is 0.749. The van der Waals surface area contributed by atoms with Crippen LogP contribution in [0.3, 0.4) is 0 Å². The highest BCUT2D eigenvalue weighted by Gasteiger charge is 1.95. The first-order chi connectivity index (χ1) is 5.34. The Labute approximate surface area is 74.8 Å². The fourth-order valence-corrected chi connectivity index (χ4v) is 1.15. The highest BCUT2D eigenvalue weighted by Crippen LogP contribution is 2.10. The van der Waals surface area contributed by atoms with Gasteiger partial charge in [0.15, 0.2) is 0 Å². The normalized spacial score (nSPS) is 8.83. The summed E-state index contributed by atoms with van der Waals surface area (Å²) in [6.45, 7) is 3.32. The van der Waals surface area contributed by atoms with Gasteiger partial charge >= 0.3 is 0 Å². The molecule has 2 heteroatoms. The van der Waals surface area contributed by atoms with Gasteiger partial charge in [-0.1, -0.05) is 25.1 Å². The van der Waals surface area contributed by atoms with Crippen molar-refractivity contribution in [3.05, 3.63) is 30.3 Å². The first kappa shape index (κ1) is 11.0. The molecule has 0 aromatic heterocycles. The van der Waals surface area contributed by atoms with Gasteiger partial charge < -0.3 is 11.1 Å². The van der Waals surface area contributed by atoms with Gasteiger partial charge in [-0.05, 0) is 18.6 Å². The van der Waals surface area contributed by atoms with Crippen molar-refractivity contribution in [1.82, 2.24) is 6.15 Å². The van der Waals surface area contributed by atoms with Crippen LogP contribution >= 0.6 is 0 Å². The van der Waals surface area contributed by atoms with E-state index in [4.69, 9.17) is 0 Å². The van der Waals surface area contributed by atoms with Crippen LogP contribution in [0.4, 0.5) is 5.69 Å². The van der Waals surface area contributed by atoms with Gasteiger partial charge in [-0.25, -0.2) is 0 Å². The molecule has 68 valence electrons. The van der Waals surface area contributed by atoms with Gasteiger partial charge in [0.25, 0.3) is 0 Å². The van der Waals surface area contributed by atoms with E-state index in [0.717, 1.165) is 6.54 Å². The molecule has 0 aliphatic heterocycles. The Kier molecular flexibility index (Phi) is 5.13. The summed E-state index contributed by atoms with van der Waals surface area (Å²) in [4.78, 5) is 2.26. The molecule has 0 heterocycles. The van der Waals surface area contributed by atoms with Crippen molar-refractivity contribution in [2.24, 2.45) is 0 Å². The zero-order chi connectivity index (χ0) is 8.10. The van der Waals surface area contributed by atoms with Crippen molar-refractivity contribution in [1.29, 1.82) is 0 Å². The van der Waals surface area contributed by atoms with Gasteiger partial charge in [0, 0.05) is 19.3 Å². The molecule has 0 radical (unpaired) electrons. The second-order valence-electron chi connectivity index (χ2n) is 2.76. The Morgan fingerprint density at radius 3 is 2.25 bits per heavy atom. The van der Waals surface area contributed by atoms with E-state index in [9.17, 15) is 0 Å². The van der Waals surface area contributed by atoms with Gasteiger partial charge in [-0.3, -0.25) is 0 Å². The molecule has 0 atom stereocenters. The molecule has 0 aliphatic carbocycles. The van der Waals surface area contributed by atoms with E-state index >= 15 is 0 Å². The Bertz CT molecular complexity index is 196. The van der Waals surface area contributed by atoms with Crippen LogP contribution < -0.4 is 11.1 Å². The molecule has 2 nitrogen and oxygen atoms in total. The molecule has 0 bridgehead atoms. The summed E-state index contributed by atoms with van der Waals surface area (Å²) in [5, 5.41) is 0. The summed E-state index contributed by atoms with van der Waals surface area (Å²) in [6, 6.07) is 10.5. The topological polar surface area (TPSA) is 38.2 Å². The minimum absolute atomic E-state index is 0. The van der Waals surface area contributed by atoms with E-state index in [1.165, 1.54) is 12.1 Å². The van der Waals surface area contributed by atoms with Crippen LogP contribution in [0.2, 0.25) is 0 Å². The summed E-state index contributed by atoms with van der Waals surface area (Å²) in [7, 11) is 2.12. The van der Waals surface area contributed by atoms with Crippen molar-refractivity contribution < 1.29 is 0 Å². The predicted octanol–water partition coefficient (Wildman–Crippen LogP) is 2.69. The third-order valence-corrected chi connectivity index (χ3v) is 1.76. The van der Waals surface area contributed by atoms with Crippen molar-refractivity contribution in [2.75, 3.05) is 18.5 Å². The lowest BCUT2D eigenvalue weighted by atomic mass is 10.3. The summed E-state index contributed by atoms with van der Waals surface area (Å²) < 4.78 is 0. The van der Waals surface area contributed by atoms with Gasteiger partial charge in [0.05, 0.1) is 0 Å². The molecule has 0 aliphatic rings. The Hall–Kier alpha value is -1.02. The molecular weight excluding hydrogens is 148 g/mol. The van der Waals surface area contributed by atoms with Crippen LogP contribution in [0, 0.1) is 0 Å². The van der Waals surface area contributed by atoms with E-state index in [0.29, 0.717) is 0 Å². The second kappa shape index (κ2) is 5.61. The van der Waals surface area contributed by atoms with Crippen LogP contribution in [-0.4, -0.2) is 13.6 Å². The van der Waals surface area contributed by atoms with Gasteiger partial charge in [-0.15, -0.1) is 0 Å². The molecule has 1 rings (SSSR count). The van der Waals surface area contributed by atoms with Crippen molar-refractivity contribution in [3.8, 4) is 0 Å². The molecular formula is C10H18N2. The molecule has 3 N–H and O–H groups in total. The van der Waals surface area contributed by atoms with Gasteiger partial charge in [-0.2, -0.15) is 0 Å². The van der Waals surface area contributed by atoms with Crippen molar-refractivity contribution >= 4 is 5.69 Å². The minimum Gasteiger partial charge on any atom is -0.375 e. The number of hydrogen-bond donors (Lipinski definition) is 1. The maximum atomic E-state index is 2.26. The van der Waals surface area contributed by atoms with Crippen LogP contribution in [-0.2, 0) is 0 Å². The number of para-hydroxylation sites is 1. The van der Waals surface area contributed by atoms with Gasteiger partial charge in [0.2, 0.25) is 0 Å². The van der Waals surface area contributed by atoms with E-state index < -0.39 is 0 Å². The molecule has 0 spiro atoms. The molecule has 12 heavy (non-hydrogen) atoms. The third kappa shape index (κ3) is 2.93. The predicted molar refractivity (Wildman–Crippen MR) is 55.0 cm³/mol. The summed E-state index contributed by atoms with van der Waals surface area (Å²) >= 11 is 0. The second-order valence-corrected chi connectivity index (χ2v) is 2.76. The summed E-state index contributed by atoms with van der Waals surface area (Å²) in [6.07, 6.45) is 1.20. The Balaban J connectivity index is 0.00000121. The highest BCUT2D eigenvalue weighted by atomic mass is 15.1.